The molecular formula is C14H18N2O3S. The van der Waals surface area contributed by atoms with E-state index in [0.29, 0.717) is 16.4 Å². The van der Waals surface area contributed by atoms with Crippen LogP contribution >= 0.6 is 12.2 Å². The van der Waals surface area contributed by atoms with Crippen molar-refractivity contribution in [3.8, 4) is 5.75 Å². The average Bonchev–Trinajstić information content (AvgIpc) is 2.85. The van der Waals surface area contributed by atoms with Crippen LogP contribution in [0.5, 0.6) is 5.75 Å². The van der Waals surface area contributed by atoms with Crippen LogP contribution in [0.1, 0.15) is 19.8 Å². The smallest absolute Gasteiger partial charge is 0.253 e. The maximum Gasteiger partial charge on any atom is 0.253 e. The first-order chi connectivity index (χ1) is 9.54. The molecule has 0 aliphatic carbocycles. The fourth-order valence-electron chi connectivity index (χ4n) is 2.01. The largest absolute Gasteiger partial charge is 0.487 e. The minimum Gasteiger partial charge on any atom is -0.487 e. The van der Waals surface area contributed by atoms with Gasteiger partial charge in [0, 0.05) is 5.69 Å². The van der Waals surface area contributed by atoms with E-state index in [-0.39, 0.29) is 24.7 Å². The summed E-state index contributed by atoms with van der Waals surface area (Å²) in [6, 6.07) is 7.05. The van der Waals surface area contributed by atoms with Gasteiger partial charge in [0.05, 0.1) is 6.10 Å². The van der Waals surface area contributed by atoms with Crippen molar-refractivity contribution in [1.29, 1.82) is 0 Å². The minimum absolute atomic E-state index is 0.105. The van der Waals surface area contributed by atoms with E-state index in [1.165, 1.54) is 0 Å². The number of hydrogen-bond acceptors (Lipinski definition) is 4. The third kappa shape index (κ3) is 4.18. The third-order valence-corrected chi connectivity index (χ3v) is 3.15. The summed E-state index contributed by atoms with van der Waals surface area (Å²) in [5.41, 5.74) is 6.06. The Morgan fingerprint density at radius 1 is 1.45 bits per heavy atom. The van der Waals surface area contributed by atoms with E-state index in [9.17, 15) is 4.79 Å². The Hall–Kier alpha value is -1.66. The molecular weight excluding hydrogens is 276 g/mol. The highest BCUT2D eigenvalue weighted by atomic mass is 32.1. The number of anilines is 1. The van der Waals surface area contributed by atoms with Crippen molar-refractivity contribution in [3.05, 3.63) is 24.3 Å². The van der Waals surface area contributed by atoms with Gasteiger partial charge in [-0.15, -0.1) is 0 Å². The summed E-state index contributed by atoms with van der Waals surface area (Å²) in [4.78, 5) is 12.3. The molecule has 6 heteroatoms. The lowest BCUT2D eigenvalue weighted by molar-refractivity contribution is -0.126. The van der Waals surface area contributed by atoms with Gasteiger partial charge in [0.2, 0.25) is 0 Å². The molecule has 0 spiro atoms. The predicted molar refractivity (Wildman–Crippen MR) is 80.9 cm³/mol. The van der Waals surface area contributed by atoms with Crippen LogP contribution in [0.4, 0.5) is 5.69 Å². The SMILES string of the molecule is CC1CCC(C(=O)Nc2ccc(OCC(N)=S)cc2)O1. The van der Waals surface area contributed by atoms with Crippen LogP contribution < -0.4 is 15.8 Å². The number of rotatable bonds is 5. The summed E-state index contributed by atoms with van der Waals surface area (Å²) in [5.74, 6) is 0.549. The van der Waals surface area contributed by atoms with Crippen molar-refractivity contribution in [1.82, 2.24) is 0 Å². The number of benzene rings is 1. The van der Waals surface area contributed by atoms with Crippen molar-refractivity contribution in [3.63, 3.8) is 0 Å². The zero-order chi connectivity index (χ0) is 14.5. The maximum atomic E-state index is 12.0. The molecule has 0 radical (unpaired) electrons. The first-order valence-electron chi connectivity index (χ1n) is 6.52. The number of carbonyl (C=O) groups is 1. The second-order valence-corrected chi connectivity index (χ2v) is 5.31. The van der Waals surface area contributed by atoms with E-state index in [1.807, 2.05) is 6.92 Å². The number of amides is 1. The zero-order valence-corrected chi connectivity index (χ0v) is 12.1. The van der Waals surface area contributed by atoms with E-state index in [4.69, 9.17) is 27.4 Å². The maximum absolute atomic E-state index is 12.0. The topological polar surface area (TPSA) is 73.6 Å². The Morgan fingerprint density at radius 2 is 2.15 bits per heavy atom. The molecule has 1 amide bonds. The summed E-state index contributed by atoms with van der Waals surface area (Å²) in [6.07, 6.45) is 1.49. The number of hydrogen-bond donors (Lipinski definition) is 2. The minimum atomic E-state index is -0.351. The second-order valence-electron chi connectivity index (χ2n) is 4.78. The lowest BCUT2D eigenvalue weighted by Gasteiger charge is -2.12. The Morgan fingerprint density at radius 3 is 2.70 bits per heavy atom. The molecule has 1 aromatic rings. The van der Waals surface area contributed by atoms with Gasteiger partial charge in [-0.05, 0) is 44.0 Å². The van der Waals surface area contributed by atoms with Crippen LogP contribution in [-0.4, -0.2) is 29.7 Å². The van der Waals surface area contributed by atoms with Gasteiger partial charge in [-0.2, -0.15) is 0 Å². The van der Waals surface area contributed by atoms with Crippen LogP contribution in [0.2, 0.25) is 0 Å². The van der Waals surface area contributed by atoms with Gasteiger partial charge in [-0.25, -0.2) is 0 Å². The summed E-state index contributed by atoms with van der Waals surface area (Å²) in [5, 5.41) is 2.83. The summed E-state index contributed by atoms with van der Waals surface area (Å²) >= 11 is 4.73. The van der Waals surface area contributed by atoms with Gasteiger partial charge in [0.1, 0.15) is 23.4 Å². The van der Waals surface area contributed by atoms with Gasteiger partial charge in [-0.1, -0.05) is 12.2 Å². The molecule has 5 nitrogen and oxygen atoms in total. The molecule has 0 bridgehead atoms. The molecule has 0 aromatic heterocycles. The van der Waals surface area contributed by atoms with E-state index < -0.39 is 0 Å². The number of ether oxygens (including phenoxy) is 2. The molecule has 1 aromatic carbocycles. The fourth-order valence-corrected chi connectivity index (χ4v) is 2.07. The molecule has 108 valence electrons. The first kappa shape index (κ1) is 14.7. The standard InChI is InChI=1S/C14H18N2O3S/c1-9-2-7-12(19-9)14(17)16-10-3-5-11(6-4-10)18-8-13(15)20/h3-6,9,12H,2,7-8H2,1H3,(H2,15,20)(H,16,17). The quantitative estimate of drug-likeness (QED) is 0.811. The average molecular weight is 294 g/mol. The van der Waals surface area contributed by atoms with Crippen molar-refractivity contribution in [2.75, 3.05) is 11.9 Å². The lowest BCUT2D eigenvalue weighted by atomic mass is 10.2. The third-order valence-electron chi connectivity index (χ3n) is 3.03. The second kappa shape index (κ2) is 6.67. The van der Waals surface area contributed by atoms with E-state index >= 15 is 0 Å². The number of nitrogens with one attached hydrogen (secondary N) is 1. The Kier molecular flexibility index (Phi) is 4.92. The molecule has 1 heterocycles. The van der Waals surface area contributed by atoms with Crippen LogP contribution in [0.25, 0.3) is 0 Å². The molecule has 1 aliphatic rings. The predicted octanol–water partition coefficient (Wildman–Crippen LogP) is 1.86. The van der Waals surface area contributed by atoms with Crippen LogP contribution in [-0.2, 0) is 9.53 Å². The van der Waals surface area contributed by atoms with Gasteiger partial charge in [0.25, 0.3) is 5.91 Å². The molecule has 1 fully saturated rings. The molecule has 0 saturated carbocycles. The Bertz CT molecular complexity index is 490. The van der Waals surface area contributed by atoms with Crippen LogP contribution in [0.3, 0.4) is 0 Å². The monoisotopic (exact) mass is 294 g/mol. The normalized spacial score (nSPS) is 21.4. The summed E-state index contributed by atoms with van der Waals surface area (Å²) < 4.78 is 10.9. The van der Waals surface area contributed by atoms with Crippen LogP contribution in [0.15, 0.2) is 24.3 Å². The Labute approximate surface area is 123 Å². The molecule has 2 atom stereocenters. The van der Waals surface area contributed by atoms with Crippen molar-refractivity contribution in [2.45, 2.75) is 32.0 Å². The summed E-state index contributed by atoms with van der Waals surface area (Å²) in [7, 11) is 0. The fraction of sp³-hybridized carbons (Fsp3) is 0.429. The first-order valence-corrected chi connectivity index (χ1v) is 6.93. The lowest BCUT2D eigenvalue weighted by Crippen LogP contribution is -2.27. The molecule has 2 unspecified atom stereocenters. The summed E-state index contributed by atoms with van der Waals surface area (Å²) in [6.45, 7) is 2.18. The van der Waals surface area contributed by atoms with E-state index in [0.717, 1.165) is 12.8 Å². The van der Waals surface area contributed by atoms with Crippen LogP contribution in [0, 0.1) is 0 Å². The molecule has 2 rings (SSSR count). The molecule has 20 heavy (non-hydrogen) atoms. The van der Waals surface area contributed by atoms with E-state index in [2.05, 4.69) is 5.32 Å². The Balaban J connectivity index is 1.87. The highest BCUT2D eigenvalue weighted by Gasteiger charge is 2.28. The highest BCUT2D eigenvalue weighted by molar-refractivity contribution is 7.80. The molecule has 1 aliphatic heterocycles. The van der Waals surface area contributed by atoms with Gasteiger partial charge >= 0.3 is 0 Å². The van der Waals surface area contributed by atoms with E-state index in [1.54, 1.807) is 24.3 Å². The highest BCUT2D eigenvalue weighted by Crippen LogP contribution is 2.21. The zero-order valence-electron chi connectivity index (χ0n) is 11.3. The van der Waals surface area contributed by atoms with Gasteiger partial charge in [0.15, 0.2) is 0 Å². The number of thiocarbonyl (C=S) groups is 1. The molecule has 3 N–H and O–H groups in total. The van der Waals surface area contributed by atoms with Crippen molar-refractivity contribution in [2.24, 2.45) is 5.73 Å². The van der Waals surface area contributed by atoms with Crippen molar-refractivity contribution >= 4 is 28.8 Å². The number of carbonyl (C=O) groups excluding carboxylic acids is 1. The number of nitrogens with two attached hydrogens (primary N) is 1. The van der Waals surface area contributed by atoms with Crippen molar-refractivity contribution < 1.29 is 14.3 Å². The molecule has 1 saturated heterocycles. The van der Waals surface area contributed by atoms with Gasteiger partial charge < -0.3 is 20.5 Å². The van der Waals surface area contributed by atoms with Gasteiger partial charge in [-0.3, -0.25) is 4.79 Å².